The van der Waals surface area contributed by atoms with Crippen LogP contribution in [0.1, 0.15) is 58.3 Å². The van der Waals surface area contributed by atoms with Crippen LogP contribution in [0.15, 0.2) is 4.99 Å². The molecule has 1 unspecified atom stereocenters. The first kappa shape index (κ1) is 22.8. The van der Waals surface area contributed by atoms with Crippen LogP contribution < -0.4 is 5.32 Å². The molecule has 0 bridgehead atoms. The van der Waals surface area contributed by atoms with E-state index in [1.54, 1.807) is 0 Å². The zero-order valence-corrected chi connectivity index (χ0v) is 18.3. The number of likely N-dealkylation sites (tertiary alicyclic amines) is 1. The lowest BCUT2D eigenvalue weighted by Crippen LogP contribution is -2.47. The minimum Gasteiger partial charge on any atom is -0.381 e. The molecule has 7 heteroatoms. The molecule has 3 fully saturated rings. The monoisotopic (exact) mass is 411 g/mol. The molecule has 0 aromatic rings. The summed E-state index contributed by atoms with van der Waals surface area (Å²) in [5.41, 5.74) is 0. The predicted molar refractivity (Wildman–Crippen MR) is 115 cm³/mol. The van der Waals surface area contributed by atoms with Crippen molar-refractivity contribution in [2.45, 2.75) is 76.6 Å². The van der Waals surface area contributed by atoms with E-state index in [2.05, 4.69) is 17.1 Å². The van der Waals surface area contributed by atoms with Gasteiger partial charge in [0, 0.05) is 52.6 Å². The summed E-state index contributed by atoms with van der Waals surface area (Å²) < 4.78 is 23.3. The SMILES string of the molecule is CCNC(=NCCCOC1CCOCC1)N1CCC(OCC2CCCCO2)CC1. The van der Waals surface area contributed by atoms with Crippen LogP contribution in [0, 0.1) is 0 Å². The summed E-state index contributed by atoms with van der Waals surface area (Å²) in [6.45, 7) is 9.94. The molecule has 3 aliphatic rings. The molecule has 3 rings (SSSR count). The van der Waals surface area contributed by atoms with Crippen LogP contribution in [0.3, 0.4) is 0 Å². The molecule has 3 aliphatic heterocycles. The highest BCUT2D eigenvalue weighted by molar-refractivity contribution is 5.80. The highest BCUT2D eigenvalue weighted by Crippen LogP contribution is 2.18. The highest BCUT2D eigenvalue weighted by atomic mass is 16.5. The normalized spacial score (nSPS) is 25.3. The van der Waals surface area contributed by atoms with E-state index in [0.717, 1.165) is 104 Å². The summed E-state index contributed by atoms with van der Waals surface area (Å²) in [6, 6.07) is 0. The average Bonchev–Trinajstić information content (AvgIpc) is 2.78. The summed E-state index contributed by atoms with van der Waals surface area (Å²) in [6.07, 6.45) is 9.79. The lowest BCUT2D eigenvalue weighted by molar-refractivity contribution is -0.0721. The van der Waals surface area contributed by atoms with Gasteiger partial charge in [-0.05, 0) is 58.3 Å². The van der Waals surface area contributed by atoms with Crippen molar-refractivity contribution in [3.05, 3.63) is 0 Å². The molecule has 0 aromatic heterocycles. The number of ether oxygens (including phenoxy) is 4. The van der Waals surface area contributed by atoms with Crippen molar-refractivity contribution >= 4 is 5.96 Å². The van der Waals surface area contributed by atoms with Gasteiger partial charge >= 0.3 is 0 Å². The van der Waals surface area contributed by atoms with E-state index in [4.69, 9.17) is 23.9 Å². The molecule has 29 heavy (non-hydrogen) atoms. The summed E-state index contributed by atoms with van der Waals surface area (Å²) >= 11 is 0. The third kappa shape index (κ3) is 8.40. The van der Waals surface area contributed by atoms with Crippen molar-refractivity contribution < 1.29 is 18.9 Å². The van der Waals surface area contributed by atoms with Crippen LogP contribution in [0.25, 0.3) is 0 Å². The Balaban J connectivity index is 1.31. The number of hydrogen-bond acceptors (Lipinski definition) is 5. The van der Waals surface area contributed by atoms with Gasteiger partial charge in [0.05, 0.1) is 24.9 Å². The van der Waals surface area contributed by atoms with Gasteiger partial charge in [0.1, 0.15) is 0 Å². The second kappa shape index (κ2) is 13.4. The lowest BCUT2D eigenvalue weighted by Gasteiger charge is -2.35. The van der Waals surface area contributed by atoms with E-state index >= 15 is 0 Å². The van der Waals surface area contributed by atoms with Gasteiger partial charge in [0.25, 0.3) is 0 Å². The number of piperidine rings is 1. The maximum atomic E-state index is 6.14. The minimum atomic E-state index is 0.309. The quantitative estimate of drug-likeness (QED) is 0.357. The number of nitrogens with one attached hydrogen (secondary N) is 1. The van der Waals surface area contributed by atoms with Gasteiger partial charge in [0.15, 0.2) is 5.96 Å². The van der Waals surface area contributed by atoms with Crippen LogP contribution in [0.2, 0.25) is 0 Å². The summed E-state index contributed by atoms with van der Waals surface area (Å²) in [7, 11) is 0. The Labute approximate surface area is 176 Å². The molecule has 0 saturated carbocycles. The molecular weight excluding hydrogens is 370 g/mol. The Kier molecular flexibility index (Phi) is 10.5. The molecule has 0 amide bonds. The van der Waals surface area contributed by atoms with Gasteiger partial charge in [-0.1, -0.05) is 0 Å². The first-order chi connectivity index (χ1) is 14.3. The fraction of sp³-hybridized carbons (Fsp3) is 0.955. The van der Waals surface area contributed by atoms with Crippen molar-refractivity contribution in [1.29, 1.82) is 0 Å². The second-order valence-corrected chi connectivity index (χ2v) is 8.28. The zero-order valence-electron chi connectivity index (χ0n) is 18.3. The lowest BCUT2D eigenvalue weighted by atomic mass is 10.1. The van der Waals surface area contributed by atoms with E-state index in [-0.39, 0.29) is 0 Å². The van der Waals surface area contributed by atoms with Crippen molar-refractivity contribution in [1.82, 2.24) is 10.2 Å². The Hall–Kier alpha value is -0.890. The van der Waals surface area contributed by atoms with Gasteiger partial charge in [-0.25, -0.2) is 0 Å². The van der Waals surface area contributed by atoms with Crippen molar-refractivity contribution in [3.63, 3.8) is 0 Å². The standard InChI is InChI=1S/C22H41N3O4/c1-2-23-22(24-11-5-15-27-20-9-16-26-17-10-20)25-12-7-19(8-13-25)29-18-21-6-3-4-14-28-21/h19-21H,2-18H2,1H3,(H,23,24). The van der Waals surface area contributed by atoms with Gasteiger partial charge in [0.2, 0.25) is 0 Å². The van der Waals surface area contributed by atoms with E-state index < -0.39 is 0 Å². The molecule has 0 radical (unpaired) electrons. The van der Waals surface area contributed by atoms with Gasteiger partial charge < -0.3 is 29.2 Å². The third-order valence-corrected chi connectivity index (χ3v) is 5.95. The molecule has 7 nitrogen and oxygen atoms in total. The Morgan fingerprint density at radius 2 is 1.79 bits per heavy atom. The van der Waals surface area contributed by atoms with Crippen molar-refractivity contribution in [2.24, 2.45) is 4.99 Å². The Morgan fingerprint density at radius 3 is 2.52 bits per heavy atom. The maximum absolute atomic E-state index is 6.14. The van der Waals surface area contributed by atoms with Gasteiger partial charge in [-0.15, -0.1) is 0 Å². The van der Waals surface area contributed by atoms with E-state index in [1.165, 1.54) is 12.8 Å². The van der Waals surface area contributed by atoms with Crippen LogP contribution in [0.5, 0.6) is 0 Å². The first-order valence-electron chi connectivity index (χ1n) is 11.8. The number of guanidine groups is 1. The highest BCUT2D eigenvalue weighted by Gasteiger charge is 2.23. The molecule has 168 valence electrons. The smallest absolute Gasteiger partial charge is 0.193 e. The number of nitrogens with zero attached hydrogens (tertiary/aromatic N) is 2. The van der Waals surface area contributed by atoms with E-state index in [0.29, 0.717) is 18.3 Å². The van der Waals surface area contributed by atoms with Gasteiger partial charge in [-0.3, -0.25) is 4.99 Å². The van der Waals surface area contributed by atoms with E-state index in [1.807, 2.05) is 0 Å². The van der Waals surface area contributed by atoms with Crippen LogP contribution >= 0.6 is 0 Å². The Bertz CT molecular complexity index is 457. The molecule has 0 spiro atoms. The average molecular weight is 412 g/mol. The fourth-order valence-electron chi connectivity index (χ4n) is 4.18. The van der Waals surface area contributed by atoms with Crippen LogP contribution in [0.4, 0.5) is 0 Å². The molecule has 1 N–H and O–H groups in total. The Morgan fingerprint density at radius 1 is 1.00 bits per heavy atom. The topological polar surface area (TPSA) is 64.6 Å². The van der Waals surface area contributed by atoms with Gasteiger partial charge in [-0.2, -0.15) is 0 Å². The number of rotatable bonds is 9. The second-order valence-electron chi connectivity index (χ2n) is 8.28. The summed E-state index contributed by atoms with van der Waals surface area (Å²) in [5, 5.41) is 3.45. The number of hydrogen-bond donors (Lipinski definition) is 1. The van der Waals surface area contributed by atoms with E-state index in [9.17, 15) is 0 Å². The first-order valence-corrected chi connectivity index (χ1v) is 11.8. The largest absolute Gasteiger partial charge is 0.381 e. The molecule has 3 saturated heterocycles. The number of aliphatic imine (C=N–C) groups is 1. The summed E-state index contributed by atoms with van der Waals surface area (Å²) in [4.78, 5) is 7.21. The molecule has 0 aliphatic carbocycles. The maximum Gasteiger partial charge on any atom is 0.193 e. The molecule has 1 atom stereocenters. The molecular formula is C22H41N3O4. The van der Waals surface area contributed by atoms with Crippen LogP contribution in [-0.4, -0.2) is 88.4 Å². The molecule has 3 heterocycles. The van der Waals surface area contributed by atoms with Crippen LogP contribution in [-0.2, 0) is 18.9 Å². The zero-order chi connectivity index (χ0) is 20.2. The minimum absolute atomic E-state index is 0.309. The third-order valence-electron chi connectivity index (χ3n) is 5.95. The van der Waals surface area contributed by atoms with Crippen molar-refractivity contribution in [3.8, 4) is 0 Å². The summed E-state index contributed by atoms with van der Waals surface area (Å²) in [5.74, 6) is 1.03. The fourth-order valence-corrected chi connectivity index (χ4v) is 4.18. The van der Waals surface area contributed by atoms with Crippen molar-refractivity contribution in [2.75, 3.05) is 59.2 Å². The predicted octanol–water partition coefficient (Wildman–Crippen LogP) is 2.59. The molecule has 0 aromatic carbocycles.